The van der Waals surface area contributed by atoms with E-state index in [9.17, 15) is 4.79 Å². The van der Waals surface area contributed by atoms with Crippen LogP contribution in [0.1, 0.15) is 23.2 Å². The van der Waals surface area contributed by atoms with Gasteiger partial charge in [0, 0.05) is 29.9 Å². The molecule has 0 radical (unpaired) electrons. The van der Waals surface area contributed by atoms with Crippen LogP contribution in [-0.2, 0) is 0 Å². The molecule has 0 aliphatic carbocycles. The molecule has 2 aromatic carbocycles. The molecule has 0 spiro atoms. The quantitative estimate of drug-likeness (QED) is 0.631. The van der Waals surface area contributed by atoms with E-state index < -0.39 is 0 Å². The number of carbonyl (C=O) groups excluding carboxylic acids is 1. The van der Waals surface area contributed by atoms with Crippen LogP contribution in [0, 0.1) is 0 Å². The zero-order chi connectivity index (χ0) is 19.5. The molecule has 5 nitrogen and oxygen atoms in total. The minimum Gasteiger partial charge on any atom is -0.355 e. The number of rotatable bonds is 4. The Labute approximate surface area is 173 Å². The number of amides is 1. The number of hydrogen-bond donors (Lipinski definition) is 1. The smallest absolute Gasteiger partial charge is 0.255 e. The molecule has 0 unspecified atom stereocenters. The van der Waals surface area contributed by atoms with Crippen LogP contribution in [-0.4, -0.2) is 29.2 Å². The number of anilines is 2. The normalized spacial score (nSPS) is 13.6. The minimum absolute atomic E-state index is 0.249. The molecule has 1 aliphatic heterocycles. The van der Waals surface area contributed by atoms with Crippen molar-refractivity contribution >= 4 is 40.6 Å². The highest BCUT2D eigenvalue weighted by Crippen LogP contribution is 2.24. The van der Waals surface area contributed by atoms with Crippen molar-refractivity contribution in [3.63, 3.8) is 0 Å². The van der Waals surface area contributed by atoms with Gasteiger partial charge in [0.05, 0.1) is 15.7 Å². The summed E-state index contributed by atoms with van der Waals surface area (Å²) in [4.78, 5) is 14.6. The Balaban J connectivity index is 1.44. The molecule has 3 aromatic rings. The first-order valence-corrected chi connectivity index (χ1v) is 9.81. The molecule has 28 heavy (non-hydrogen) atoms. The van der Waals surface area contributed by atoms with E-state index in [2.05, 4.69) is 20.4 Å². The largest absolute Gasteiger partial charge is 0.355 e. The number of halogens is 2. The van der Waals surface area contributed by atoms with Crippen molar-refractivity contribution in [2.45, 2.75) is 12.8 Å². The first kappa shape index (κ1) is 18.7. The molecule has 142 valence electrons. The number of carbonyl (C=O) groups is 1. The molecule has 0 saturated carbocycles. The Hall–Kier alpha value is -2.63. The van der Waals surface area contributed by atoms with E-state index in [4.69, 9.17) is 23.2 Å². The number of aromatic nitrogens is 2. The van der Waals surface area contributed by atoms with E-state index in [-0.39, 0.29) is 5.91 Å². The van der Waals surface area contributed by atoms with E-state index >= 15 is 0 Å². The average Bonchev–Trinajstić information content (AvgIpc) is 3.26. The second-order valence-electron chi connectivity index (χ2n) is 6.63. The van der Waals surface area contributed by atoms with Crippen LogP contribution < -0.4 is 10.2 Å². The van der Waals surface area contributed by atoms with Gasteiger partial charge in [-0.3, -0.25) is 4.79 Å². The Bertz CT molecular complexity index is 984. The lowest BCUT2D eigenvalue weighted by atomic mass is 10.1. The summed E-state index contributed by atoms with van der Waals surface area (Å²) in [6.07, 6.45) is 2.41. The van der Waals surface area contributed by atoms with Gasteiger partial charge < -0.3 is 10.2 Å². The van der Waals surface area contributed by atoms with Crippen LogP contribution >= 0.6 is 23.2 Å². The number of nitrogens with zero attached hydrogens (tertiary/aromatic N) is 3. The van der Waals surface area contributed by atoms with Crippen molar-refractivity contribution in [2.24, 2.45) is 0 Å². The molecule has 1 amide bonds. The van der Waals surface area contributed by atoms with Crippen molar-refractivity contribution in [2.75, 3.05) is 23.3 Å². The number of hydrogen-bond acceptors (Lipinski definition) is 4. The van der Waals surface area contributed by atoms with E-state index in [1.54, 1.807) is 18.2 Å². The summed E-state index contributed by atoms with van der Waals surface area (Å²) in [7, 11) is 0. The summed E-state index contributed by atoms with van der Waals surface area (Å²) < 4.78 is 0. The number of nitrogens with one attached hydrogen (secondary N) is 1. The van der Waals surface area contributed by atoms with Gasteiger partial charge in [-0.1, -0.05) is 35.3 Å². The molecule has 1 fully saturated rings. The third kappa shape index (κ3) is 4.11. The molecule has 1 aliphatic rings. The summed E-state index contributed by atoms with van der Waals surface area (Å²) in [6.45, 7) is 2.09. The van der Waals surface area contributed by atoms with Gasteiger partial charge in [0.15, 0.2) is 5.82 Å². The van der Waals surface area contributed by atoms with E-state index in [1.165, 1.54) is 12.8 Å². The minimum atomic E-state index is -0.249. The molecular weight excluding hydrogens is 395 g/mol. The zero-order valence-corrected chi connectivity index (χ0v) is 16.5. The van der Waals surface area contributed by atoms with Crippen LogP contribution in [0.2, 0.25) is 10.0 Å². The van der Waals surface area contributed by atoms with Gasteiger partial charge >= 0.3 is 0 Å². The van der Waals surface area contributed by atoms with Crippen LogP contribution in [0.15, 0.2) is 54.6 Å². The first-order chi connectivity index (χ1) is 13.6. The molecule has 0 bridgehead atoms. The molecular formula is C21H18Cl2N4O. The third-order valence-corrected chi connectivity index (χ3v) is 5.44. The molecule has 4 rings (SSSR count). The van der Waals surface area contributed by atoms with Crippen LogP contribution in [0.4, 0.5) is 11.5 Å². The summed E-state index contributed by atoms with van der Waals surface area (Å²) in [5, 5.41) is 12.3. The summed E-state index contributed by atoms with van der Waals surface area (Å²) in [5.74, 6) is 0.674. The monoisotopic (exact) mass is 412 g/mol. The van der Waals surface area contributed by atoms with Gasteiger partial charge in [-0.15, -0.1) is 10.2 Å². The van der Waals surface area contributed by atoms with E-state index in [0.29, 0.717) is 21.3 Å². The van der Waals surface area contributed by atoms with Gasteiger partial charge in [-0.2, -0.15) is 0 Å². The standard InChI is InChI=1S/C21H18Cl2N4O/c22-17-8-5-15(13-18(17)23)21(28)24-16-6-3-14(4-7-16)19-9-10-20(26-25-19)27-11-1-2-12-27/h3-10,13H,1-2,11-12H2,(H,24,28). The van der Waals surface area contributed by atoms with Crippen molar-refractivity contribution in [1.29, 1.82) is 0 Å². The molecule has 1 N–H and O–H groups in total. The predicted octanol–water partition coefficient (Wildman–Crippen LogP) is 5.30. The molecule has 0 atom stereocenters. The maximum absolute atomic E-state index is 12.4. The fourth-order valence-electron chi connectivity index (χ4n) is 3.16. The molecule has 2 heterocycles. The van der Waals surface area contributed by atoms with Crippen molar-refractivity contribution in [3.8, 4) is 11.3 Å². The summed E-state index contributed by atoms with van der Waals surface area (Å²) in [5.41, 5.74) is 2.86. The fraction of sp³-hybridized carbons (Fsp3) is 0.190. The van der Waals surface area contributed by atoms with Gasteiger partial charge in [-0.05, 0) is 55.3 Å². The lowest BCUT2D eigenvalue weighted by Gasteiger charge is -2.15. The van der Waals surface area contributed by atoms with Gasteiger partial charge in [0.2, 0.25) is 0 Å². The van der Waals surface area contributed by atoms with Crippen LogP contribution in [0.3, 0.4) is 0 Å². The lowest BCUT2D eigenvalue weighted by Crippen LogP contribution is -2.19. The highest BCUT2D eigenvalue weighted by atomic mass is 35.5. The molecule has 1 saturated heterocycles. The summed E-state index contributed by atoms with van der Waals surface area (Å²) in [6, 6.07) is 16.3. The van der Waals surface area contributed by atoms with Crippen molar-refractivity contribution in [1.82, 2.24) is 10.2 Å². The highest BCUT2D eigenvalue weighted by Gasteiger charge is 2.14. The Morgan fingerprint density at radius 1 is 0.893 bits per heavy atom. The van der Waals surface area contributed by atoms with Crippen LogP contribution in [0.5, 0.6) is 0 Å². The fourth-order valence-corrected chi connectivity index (χ4v) is 3.46. The number of benzene rings is 2. The van der Waals surface area contributed by atoms with Gasteiger partial charge in [-0.25, -0.2) is 0 Å². The molecule has 1 aromatic heterocycles. The Morgan fingerprint density at radius 3 is 2.29 bits per heavy atom. The highest BCUT2D eigenvalue weighted by molar-refractivity contribution is 6.42. The van der Waals surface area contributed by atoms with Crippen LogP contribution in [0.25, 0.3) is 11.3 Å². The Morgan fingerprint density at radius 2 is 1.64 bits per heavy atom. The Kier molecular flexibility index (Phi) is 5.46. The van der Waals surface area contributed by atoms with Gasteiger partial charge in [0.1, 0.15) is 0 Å². The third-order valence-electron chi connectivity index (χ3n) is 4.70. The first-order valence-electron chi connectivity index (χ1n) is 9.06. The zero-order valence-electron chi connectivity index (χ0n) is 15.0. The second kappa shape index (κ2) is 8.17. The van der Waals surface area contributed by atoms with Crippen molar-refractivity contribution in [3.05, 3.63) is 70.2 Å². The second-order valence-corrected chi connectivity index (χ2v) is 7.45. The van der Waals surface area contributed by atoms with E-state index in [1.807, 2.05) is 36.4 Å². The maximum Gasteiger partial charge on any atom is 0.255 e. The van der Waals surface area contributed by atoms with Gasteiger partial charge in [0.25, 0.3) is 5.91 Å². The maximum atomic E-state index is 12.4. The lowest BCUT2D eigenvalue weighted by molar-refractivity contribution is 0.102. The van der Waals surface area contributed by atoms with Crippen molar-refractivity contribution < 1.29 is 4.79 Å². The topological polar surface area (TPSA) is 58.1 Å². The average molecular weight is 413 g/mol. The predicted molar refractivity (Wildman–Crippen MR) is 113 cm³/mol. The van der Waals surface area contributed by atoms with E-state index in [0.717, 1.165) is 30.2 Å². The summed E-state index contributed by atoms with van der Waals surface area (Å²) >= 11 is 11.9. The SMILES string of the molecule is O=C(Nc1ccc(-c2ccc(N3CCCC3)nn2)cc1)c1ccc(Cl)c(Cl)c1. The molecule has 7 heteroatoms.